The summed E-state index contributed by atoms with van der Waals surface area (Å²) in [5.74, 6) is 2.42. The van der Waals surface area contributed by atoms with Crippen LogP contribution in [0.2, 0.25) is 0 Å². The van der Waals surface area contributed by atoms with Crippen LogP contribution in [0.4, 0.5) is 0 Å². The van der Waals surface area contributed by atoms with E-state index in [1.54, 1.807) is 7.11 Å². The van der Waals surface area contributed by atoms with Crippen molar-refractivity contribution >= 4 is 0 Å². The maximum Gasteiger partial charge on any atom is 0.161 e. The fourth-order valence-electron chi connectivity index (χ4n) is 3.62. The number of likely N-dealkylation sites (tertiary alicyclic amines) is 1. The molecular formula is C22H31N3O2. The predicted molar refractivity (Wildman–Crippen MR) is 108 cm³/mol. The lowest BCUT2D eigenvalue weighted by Gasteiger charge is -2.21. The van der Waals surface area contributed by atoms with E-state index in [1.165, 1.54) is 19.4 Å². The van der Waals surface area contributed by atoms with Crippen molar-refractivity contribution in [3.63, 3.8) is 0 Å². The minimum absolute atomic E-state index is 0.694. The summed E-state index contributed by atoms with van der Waals surface area (Å²) in [5.41, 5.74) is 2.20. The Hall–Kier alpha value is -2.14. The van der Waals surface area contributed by atoms with E-state index in [4.69, 9.17) is 9.47 Å². The van der Waals surface area contributed by atoms with Crippen molar-refractivity contribution in [1.29, 1.82) is 0 Å². The van der Waals surface area contributed by atoms with Gasteiger partial charge in [-0.15, -0.1) is 0 Å². The molecular weight excluding hydrogens is 338 g/mol. The molecule has 1 aliphatic heterocycles. The topological polar surface area (TPSA) is 47.5 Å². The van der Waals surface area contributed by atoms with Gasteiger partial charge >= 0.3 is 0 Å². The third-order valence-electron chi connectivity index (χ3n) is 5.25. The lowest BCUT2D eigenvalue weighted by molar-refractivity contribution is 0.226. The van der Waals surface area contributed by atoms with Gasteiger partial charge in [0.1, 0.15) is 5.82 Å². The van der Waals surface area contributed by atoms with Gasteiger partial charge < -0.3 is 14.4 Å². The zero-order valence-electron chi connectivity index (χ0n) is 16.8. The zero-order valence-corrected chi connectivity index (χ0v) is 16.8. The Morgan fingerprint density at radius 2 is 2.11 bits per heavy atom. The number of rotatable bonds is 9. The van der Waals surface area contributed by atoms with E-state index in [9.17, 15) is 0 Å². The molecule has 0 aliphatic carbocycles. The molecule has 0 bridgehead atoms. The van der Waals surface area contributed by atoms with Gasteiger partial charge in [0.25, 0.3) is 0 Å². The van der Waals surface area contributed by atoms with Crippen molar-refractivity contribution in [3.8, 4) is 11.5 Å². The molecule has 1 aromatic heterocycles. The number of hydrogen-bond acceptors (Lipinski definition) is 5. The molecule has 0 spiro atoms. The van der Waals surface area contributed by atoms with Gasteiger partial charge in [-0.25, -0.2) is 9.97 Å². The van der Waals surface area contributed by atoms with Gasteiger partial charge in [0, 0.05) is 30.9 Å². The summed E-state index contributed by atoms with van der Waals surface area (Å²) in [6.45, 7) is 7.44. The fourth-order valence-corrected chi connectivity index (χ4v) is 3.62. The Morgan fingerprint density at radius 1 is 1.22 bits per heavy atom. The molecule has 2 aromatic rings. The van der Waals surface area contributed by atoms with Crippen LogP contribution in [-0.4, -0.2) is 47.7 Å². The predicted octanol–water partition coefficient (Wildman–Crippen LogP) is 3.89. The van der Waals surface area contributed by atoms with Gasteiger partial charge in [-0.3, -0.25) is 0 Å². The average molecular weight is 370 g/mol. The maximum absolute atomic E-state index is 6.05. The van der Waals surface area contributed by atoms with Crippen molar-refractivity contribution in [1.82, 2.24) is 14.9 Å². The van der Waals surface area contributed by atoms with E-state index < -0.39 is 0 Å². The van der Waals surface area contributed by atoms with Crippen molar-refractivity contribution in [2.75, 3.05) is 26.8 Å². The van der Waals surface area contributed by atoms with Gasteiger partial charge in [-0.1, -0.05) is 13.0 Å². The number of hydrogen-bond donors (Lipinski definition) is 0. The van der Waals surface area contributed by atoms with Gasteiger partial charge in [0.15, 0.2) is 11.5 Å². The summed E-state index contributed by atoms with van der Waals surface area (Å²) in [5, 5.41) is 0. The van der Waals surface area contributed by atoms with E-state index >= 15 is 0 Å². The molecule has 0 amide bonds. The molecule has 1 saturated heterocycles. The van der Waals surface area contributed by atoms with E-state index in [2.05, 4.69) is 40.8 Å². The van der Waals surface area contributed by atoms with Crippen LogP contribution < -0.4 is 9.47 Å². The zero-order chi connectivity index (χ0) is 19.1. The quantitative estimate of drug-likeness (QED) is 0.628. The number of methoxy groups -OCH3 is 1. The van der Waals surface area contributed by atoms with Crippen LogP contribution in [0.15, 0.2) is 30.5 Å². The Labute approximate surface area is 162 Å². The first-order valence-electron chi connectivity index (χ1n) is 10.0. The minimum atomic E-state index is 0.694. The number of benzene rings is 1. The van der Waals surface area contributed by atoms with Gasteiger partial charge in [0.05, 0.1) is 13.7 Å². The van der Waals surface area contributed by atoms with Crippen molar-refractivity contribution in [2.45, 2.75) is 52.0 Å². The van der Waals surface area contributed by atoms with E-state index in [0.29, 0.717) is 19.1 Å². The van der Waals surface area contributed by atoms with Gasteiger partial charge in [0.2, 0.25) is 0 Å². The Morgan fingerprint density at radius 3 is 2.85 bits per heavy atom. The van der Waals surface area contributed by atoms with Crippen LogP contribution in [0.1, 0.15) is 50.2 Å². The summed E-state index contributed by atoms with van der Waals surface area (Å²) in [7, 11) is 1.68. The van der Waals surface area contributed by atoms with Crippen molar-refractivity contribution < 1.29 is 9.47 Å². The average Bonchev–Trinajstić information content (AvgIpc) is 3.10. The highest BCUT2D eigenvalue weighted by Crippen LogP contribution is 2.29. The standard InChI is InChI=1S/C22H31N3O2/c1-4-19-10-11-23-22(24-19)16-18-8-9-20(26-3)21(15-18)27-14-6-13-25-12-5-7-17(25)2/h8-11,15,17H,4-7,12-14,16H2,1-3H3. The van der Waals surface area contributed by atoms with Crippen LogP contribution in [0, 0.1) is 0 Å². The first-order chi connectivity index (χ1) is 13.2. The van der Waals surface area contributed by atoms with Crippen LogP contribution >= 0.6 is 0 Å². The molecule has 0 N–H and O–H groups in total. The lowest BCUT2D eigenvalue weighted by atomic mass is 10.1. The number of aromatic nitrogens is 2. The maximum atomic E-state index is 6.05. The lowest BCUT2D eigenvalue weighted by Crippen LogP contribution is -2.28. The molecule has 0 radical (unpaired) electrons. The van der Waals surface area contributed by atoms with Crippen LogP contribution in [0.3, 0.4) is 0 Å². The monoisotopic (exact) mass is 369 g/mol. The second-order valence-electron chi connectivity index (χ2n) is 7.21. The third-order valence-corrected chi connectivity index (χ3v) is 5.25. The highest BCUT2D eigenvalue weighted by atomic mass is 16.5. The van der Waals surface area contributed by atoms with Crippen molar-refractivity contribution in [2.24, 2.45) is 0 Å². The van der Waals surface area contributed by atoms with Gasteiger partial charge in [-0.05, 0) is 62.9 Å². The molecule has 3 rings (SSSR count). The van der Waals surface area contributed by atoms with Crippen LogP contribution in [0.25, 0.3) is 0 Å². The van der Waals surface area contributed by atoms with Crippen LogP contribution in [-0.2, 0) is 12.8 Å². The number of ether oxygens (including phenoxy) is 2. The molecule has 1 fully saturated rings. The number of aryl methyl sites for hydroxylation is 1. The first-order valence-corrected chi connectivity index (χ1v) is 10.0. The fraction of sp³-hybridized carbons (Fsp3) is 0.545. The summed E-state index contributed by atoms with van der Waals surface area (Å²) < 4.78 is 11.5. The second-order valence-corrected chi connectivity index (χ2v) is 7.21. The Bertz CT molecular complexity index is 735. The normalized spacial score (nSPS) is 17.2. The minimum Gasteiger partial charge on any atom is -0.493 e. The van der Waals surface area contributed by atoms with E-state index in [0.717, 1.165) is 48.0 Å². The largest absolute Gasteiger partial charge is 0.493 e. The third kappa shape index (κ3) is 5.42. The molecule has 1 unspecified atom stereocenters. The molecule has 1 aromatic carbocycles. The Kier molecular flexibility index (Phi) is 7.04. The number of nitrogens with zero attached hydrogens (tertiary/aromatic N) is 3. The molecule has 1 atom stereocenters. The first kappa shape index (κ1) is 19.6. The smallest absolute Gasteiger partial charge is 0.161 e. The van der Waals surface area contributed by atoms with E-state index in [-0.39, 0.29) is 0 Å². The summed E-state index contributed by atoms with van der Waals surface area (Å²) in [6, 6.07) is 8.75. The van der Waals surface area contributed by atoms with Crippen molar-refractivity contribution in [3.05, 3.63) is 47.5 Å². The molecule has 1 aliphatic rings. The SMILES string of the molecule is CCc1ccnc(Cc2ccc(OC)c(OCCCN3CCCC3C)c2)n1. The molecule has 2 heterocycles. The molecule has 0 saturated carbocycles. The molecule has 5 nitrogen and oxygen atoms in total. The molecule has 27 heavy (non-hydrogen) atoms. The van der Waals surface area contributed by atoms with E-state index in [1.807, 2.05) is 18.3 Å². The van der Waals surface area contributed by atoms with Gasteiger partial charge in [-0.2, -0.15) is 0 Å². The molecule has 146 valence electrons. The summed E-state index contributed by atoms with van der Waals surface area (Å²) in [4.78, 5) is 11.5. The highest BCUT2D eigenvalue weighted by molar-refractivity contribution is 5.43. The summed E-state index contributed by atoms with van der Waals surface area (Å²) in [6.07, 6.45) is 7.11. The van der Waals surface area contributed by atoms with Crippen LogP contribution in [0.5, 0.6) is 11.5 Å². The highest BCUT2D eigenvalue weighted by Gasteiger charge is 2.19. The molecule has 5 heteroatoms. The Balaban J connectivity index is 1.59. The summed E-state index contributed by atoms with van der Waals surface area (Å²) >= 11 is 0. The second kappa shape index (κ2) is 9.70.